The predicted molar refractivity (Wildman–Crippen MR) is 119 cm³/mol. The van der Waals surface area contributed by atoms with Gasteiger partial charge in [0.15, 0.2) is 17.3 Å². The highest BCUT2D eigenvalue weighted by molar-refractivity contribution is 7.19. The SMILES string of the molecule is COc1cc(-c2nc(NCCN(C)C)c3c(C)c(C#N)sc3n2)cc(OC)c1OC. The third kappa shape index (κ3) is 4.10. The van der Waals surface area contributed by atoms with Gasteiger partial charge in [0.05, 0.1) is 26.7 Å². The fraction of sp³-hybridized carbons (Fsp3) is 0.381. The van der Waals surface area contributed by atoms with Crippen molar-refractivity contribution >= 4 is 27.4 Å². The van der Waals surface area contributed by atoms with Gasteiger partial charge >= 0.3 is 0 Å². The number of hydrogen-bond donors (Lipinski definition) is 1. The van der Waals surface area contributed by atoms with E-state index in [1.807, 2.05) is 33.2 Å². The molecule has 0 bridgehead atoms. The van der Waals surface area contributed by atoms with E-state index in [1.54, 1.807) is 21.3 Å². The minimum absolute atomic E-state index is 0.507. The fourth-order valence-electron chi connectivity index (χ4n) is 3.11. The van der Waals surface area contributed by atoms with Crippen LogP contribution < -0.4 is 19.5 Å². The van der Waals surface area contributed by atoms with Crippen LogP contribution >= 0.6 is 11.3 Å². The van der Waals surface area contributed by atoms with Crippen LogP contribution in [0, 0.1) is 18.3 Å². The van der Waals surface area contributed by atoms with Crippen molar-refractivity contribution in [2.45, 2.75) is 6.92 Å². The molecule has 1 aromatic carbocycles. The van der Waals surface area contributed by atoms with Crippen LogP contribution in [-0.4, -0.2) is 63.4 Å². The van der Waals surface area contributed by atoms with Crippen molar-refractivity contribution in [3.8, 4) is 34.7 Å². The van der Waals surface area contributed by atoms with E-state index in [1.165, 1.54) is 11.3 Å². The van der Waals surface area contributed by atoms with Crippen molar-refractivity contribution in [1.29, 1.82) is 5.26 Å². The Morgan fingerprint density at radius 1 is 1.10 bits per heavy atom. The summed E-state index contributed by atoms with van der Waals surface area (Å²) in [7, 11) is 8.74. The number of rotatable bonds is 8. The molecule has 3 aromatic rings. The number of fused-ring (bicyclic) bond motifs is 1. The highest BCUT2D eigenvalue weighted by atomic mass is 32.1. The van der Waals surface area contributed by atoms with Gasteiger partial charge in [-0.3, -0.25) is 0 Å². The summed E-state index contributed by atoms with van der Waals surface area (Å²) >= 11 is 1.36. The molecule has 0 aliphatic heterocycles. The maximum Gasteiger partial charge on any atom is 0.203 e. The highest BCUT2D eigenvalue weighted by Crippen LogP contribution is 2.42. The second-order valence-corrected chi connectivity index (χ2v) is 7.89. The van der Waals surface area contributed by atoms with Crippen molar-refractivity contribution in [3.05, 3.63) is 22.6 Å². The summed E-state index contributed by atoms with van der Waals surface area (Å²) < 4.78 is 16.3. The lowest BCUT2D eigenvalue weighted by Gasteiger charge is -2.15. The van der Waals surface area contributed by atoms with E-state index in [2.05, 4.69) is 16.3 Å². The number of anilines is 1. The van der Waals surface area contributed by atoms with Gasteiger partial charge in [-0.25, -0.2) is 9.97 Å². The number of nitrogens with zero attached hydrogens (tertiary/aromatic N) is 4. The summed E-state index contributed by atoms with van der Waals surface area (Å²) in [5.74, 6) is 2.78. The van der Waals surface area contributed by atoms with Gasteiger partial charge in [0.25, 0.3) is 0 Å². The summed E-state index contributed by atoms with van der Waals surface area (Å²) in [6.07, 6.45) is 0. The average molecular weight is 428 g/mol. The number of ether oxygens (including phenoxy) is 3. The minimum Gasteiger partial charge on any atom is -0.493 e. The van der Waals surface area contributed by atoms with E-state index in [0.29, 0.717) is 40.3 Å². The van der Waals surface area contributed by atoms with Crippen molar-refractivity contribution in [3.63, 3.8) is 0 Å². The van der Waals surface area contributed by atoms with Gasteiger partial charge in [0.2, 0.25) is 5.75 Å². The lowest BCUT2D eigenvalue weighted by atomic mass is 10.1. The largest absolute Gasteiger partial charge is 0.493 e. The van der Waals surface area contributed by atoms with Gasteiger partial charge in [-0.15, -0.1) is 11.3 Å². The molecule has 0 atom stereocenters. The highest BCUT2D eigenvalue weighted by Gasteiger charge is 2.20. The molecular weight excluding hydrogens is 402 g/mol. The van der Waals surface area contributed by atoms with Crippen LogP contribution in [0.15, 0.2) is 12.1 Å². The number of benzene rings is 1. The molecule has 0 spiro atoms. The molecule has 158 valence electrons. The maximum absolute atomic E-state index is 9.48. The second kappa shape index (κ2) is 9.15. The molecule has 0 unspecified atom stereocenters. The summed E-state index contributed by atoms with van der Waals surface area (Å²) in [5.41, 5.74) is 1.62. The molecule has 8 nitrogen and oxygen atoms in total. The number of nitrogens with one attached hydrogen (secondary N) is 1. The molecule has 0 aliphatic carbocycles. The number of aryl methyl sites for hydroxylation is 1. The molecule has 2 aromatic heterocycles. The molecule has 9 heteroatoms. The van der Waals surface area contributed by atoms with Crippen molar-refractivity contribution in [2.24, 2.45) is 0 Å². The normalized spacial score (nSPS) is 10.9. The Kier molecular flexibility index (Phi) is 6.59. The lowest BCUT2D eigenvalue weighted by molar-refractivity contribution is 0.324. The van der Waals surface area contributed by atoms with Gasteiger partial charge in [-0.1, -0.05) is 0 Å². The number of methoxy groups -OCH3 is 3. The van der Waals surface area contributed by atoms with E-state index in [0.717, 1.165) is 27.9 Å². The minimum atomic E-state index is 0.507. The summed E-state index contributed by atoms with van der Waals surface area (Å²) in [6.45, 7) is 3.49. The van der Waals surface area contributed by atoms with Crippen LogP contribution in [0.3, 0.4) is 0 Å². The third-order valence-corrected chi connectivity index (χ3v) is 5.76. The first-order valence-electron chi connectivity index (χ1n) is 9.33. The molecule has 30 heavy (non-hydrogen) atoms. The third-order valence-electron chi connectivity index (χ3n) is 4.67. The first-order chi connectivity index (χ1) is 14.4. The van der Waals surface area contributed by atoms with E-state index in [4.69, 9.17) is 24.2 Å². The van der Waals surface area contributed by atoms with E-state index in [9.17, 15) is 5.26 Å². The molecular formula is C21H25N5O3S. The van der Waals surface area contributed by atoms with E-state index >= 15 is 0 Å². The number of aromatic nitrogens is 2. The van der Waals surface area contributed by atoms with Crippen LogP contribution in [0.1, 0.15) is 10.4 Å². The molecule has 1 N–H and O–H groups in total. The molecule has 0 amide bonds. The predicted octanol–water partition coefficient (Wildman–Crippen LogP) is 3.54. The second-order valence-electron chi connectivity index (χ2n) is 6.89. The Labute approximate surface area is 180 Å². The number of thiophene rings is 1. The topological polar surface area (TPSA) is 92.5 Å². The average Bonchev–Trinajstić information content (AvgIpc) is 3.07. The lowest BCUT2D eigenvalue weighted by Crippen LogP contribution is -2.21. The zero-order valence-corrected chi connectivity index (χ0v) is 18.8. The van der Waals surface area contributed by atoms with Crippen LogP contribution in [0.25, 0.3) is 21.6 Å². The first-order valence-corrected chi connectivity index (χ1v) is 10.1. The van der Waals surface area contributed by atoms with E-state index in [-0.39, 0.29) is 0 Å². The van der Waals surface area contributed by atoms with Gasteiger partial charge in [-0.2, -0.15) is 5.26 Å². The zero-order valence-electron chi connectivity index (χ0n) is 18.0. The zero-order chi connectivity index (χ0) is 21.8. The van der Waals surface area contributed by atoms with E-state index < -0.39 is 0 Å². The van der Waals surface area contributed by atoms with Gasteiger partial charge in [0, 0.05) is 18.7 Å². The van der Waals surface area contributed by atoms with Gasteiger partial charge < -0.3 is 24.4 Å². The molecule has 2 heterocycles. The van der Waals surface area contributed by atoms with Crippen molar-refractivity contribution in [1.82, 2.24) is 14.9 Å². The molecule has 3 rings (SSSR count). The van der Waals surface area contributed by atoms with Crippen molar-refractivity contribution in [2.75, 3.05) is 53.8 Å². The van der Waals surface area contributed by atoms with Crippen molar-refractivity contribution < 1.29 is 14.2 Å². The Balaban J connectivity index is 2.18. The molecule has 0 aliphatic rings. The summed E-state index contributed by atoms with van der Waals surface area (Å²) in [4.78, 5) is 13.0. The van der Waals surface area contributed by atoms with Crippen LogP contribution in [0.5, 0.6) is 17.2 Å². The Morgan fingerprint density at radius 3 is 2.30 bits per heavy atom. The summed E-state index contributed by atoms with van der Waals surface area (Å²) in [6, 6.07) is 5.89. The molecule has 0 saturated carbocycles. The van der Waals surface area contributed by atoms with Crippen LogP contribution in [0.2, 0.25) is 0 Å². The Morgan fingerprint density at radius 2 is 1.77 bits per heavy atom. The Hall–Kier alpha value is -3.09. The standard InChI is InChI=1S/C21H25N5O3S/c1-12-16(11-22)30-21-17(12)20(23-7-8-26(2)3)24-19(25-21)13-9-14(27-4)18(29-6)15(10-13)28-5/h9-10H,7-8H2,1-6H3,(H,23,24,25). The molecule has 0 saturated heterocycles. The molecule has 0 fully saturated rings. The number of hydrogen-bond acceptors (Lipinski definition) is 9. The number of nitriles is 1. The quantitative estimate of drug-likeness (QED) is 0.584. The maximum atomic E-state index is 9.48. The Bertz CT molecular complexity index is 1080. The monoisotopic (exact) mass is 427 g/mol. The fourth-order valence-corrected chi connectivity index (χ4v) is 4.09. The number of likely N-dealkylation sites (N-methyl/N-ethyl adjacent to an activating group) is 1. The first kappa shape index (κ1) is 21.6. The van der Waals surface area contributed by atoms with Gasteiger partial charge in [0.1, 0.15) is 21.6 Å². The van der Waals surface area contributed by atoms with Crippen LogP contribution in [0.4, 0.5) is 5.82 Å². The summed E-state index contributed by atoms with van der Waals surface area (Å²) in [5, 5.41) is 13.8. The van der Waals surface area contributed by atoms with Crippen LogP contribution in [-0.2, 0) is 0 Å². The molecule has 0 radical (unpaired) electrons. The van der Waals surface area contributed by atoms with Gasteiger partial charge in [-0.05, 0) is 38.7 Å². The smallest absolute Gasteiger partial charge is 0.203 e.